The molecule has 0 saturated carbocycles. The van der Waals surface area contributed by atoms with E-state index in [4.69, 9.17) is 14.0 Å². The van der Waals surface area contributed by atoms with Gasteiger partial charge in [0.15, 0.2) is 0 Å². The summed E-state index contributed by atoms with van der Waals surface area (Å²) in [5.74, 6) is 0.0599. The highest BCUT2D eigenvalue weighted by Gasteiger charge is 2.24. The monoisotopic (exact) mass is 368 g/mol. The van der Waals surface area contributed by atoms with Crippen LogP contribution in [0.4, 0.5) is 0 Å². The first-order valence-electron chi connectivity index (χ1n) is 7.38. The van der Waals surface area contributed by atoms with Gasteiger partial charge >= 0.3 is 5.97 Å². The van der Waals surface area contributed by atoms with Gasteiger partial charge in [-0.05, 0) is 32.0 Å². The van der Waals surface area contributed by atoms with Crippen molar-refractivity contribution in [1.29, 1.82) is 0 Å². The number of rotatable bonds is 6. The number of methoxy groups -OCH3 is 1. The van der Waals surface area contributed by atoms with E-state index in [2.05, 4.69) is 5.16 Å². The Hall–Kier alpha value is -2.39. The summed E-state index contributed by atoms with van der Waals surface area (Å²) in [5, 5.41) is 3.79. The Balaban J connectivity index is 2.29. The first-order chi connectivity index (χ1) is 11.7. The Kier molecular flexibility index (Phi) is 5.48. The Morgan fingerprint density at radius 2 is 1.96 bits per heavy atom. The van der Waals surface area contributed by atoms with Crippen molar-refractivity contribution < 1.29 is 27.2 Å². The van der Waals surface area contributed by atoms with E-state index in [0.717, 1.165) is 4.31 Å². The van der Waals surface area contributed by atoms with Gasteiger partial charge in [0.2, 0.25) is 10.0 Å². The molecule has 136 valence electrons. The van der Waals surface area contributed by atoms with Gasteiger partial charge < -0.3 is 14.0 Å². The fourth-order valence-corrected chi connectivity index (χ4v) is 3.21. The molecule has 9 heteroatoms. The zero-order valence-corrected chi connectivity index (χ0v) is 15.5. The van der Waals surface area contributed by atoms with Crippen LogP contribution in [0.2, 0.25) is 0 Å². The molecule has 1 aromatic carbocycles. The van der Waals surface area contributed by atoms with Crippen LogP contribution in [0.25, 0.3) is 0 Å². The SMILES string of the molecule is COc1ccc(C(=O)OCc2c(C)noc2C)cc1S(=O)(=O)N(C)C. The van der Waals surface area contributed by atoms with Gasteiger partial charge in [0.05, 0.1) is 23.9 Å². The highest BCUT2D eigenvalue weighted by molar-refractivity contribution is 7.89. The maximum absolute atomic E-state index is 12.4. The number of esters is 1. The minimum atomic E-state index is -3.77. The summed E-state index contributed by atoms with van der Waals surface area (Å²) in [6.07, 6.45) is 0. The number of carbonyl (C=O) groups excluding carboxylic acids is 1. The van der Waals surface area contributed by atoms with Crippen LogP contribution in [0.3, 0.4) is 0 Å². The molecule has 1 aromatic heterocycles. The van der Waals surface area contributed by atoms with E-state index >= 15 is 0 Å². The van der Waals surface area contributed by atoms with E-state index < -0.39 is 16.0 Å². The second kappa shape index (κ2) is 7.24. The molecule has 8 nitrogen and oxygen atoms in total. The number of hydrogen-bond acceptors (Lipinski definition) is 7. The molecule has 0 N–H and O–H groups in total. The topological polar surface area (TPSA) is 98.9 Å². The predicted octanol–water partition coefficient (Wildman–Crippen LogP) is 1.91. The van der Waals surface area contributed by atoms with Crippen LogP contribution in [0, 0.1) is 13.8 Å². The first-order valence-corrected chi connectivity index (χ1v) is 8.82. The van der Waals surface area contributed by atoms with Crippen molar-refractivity contribution in [2.75, 3.05) is 21.2 Å². The molecular formula is C16H20N2O6S. The summed E-state index contributed by atoms with van der Waals surface area (Å²) in [5.41, 5.74) is 1.42. The highest BCUT2D eigenvalue weighted by Crippen LogP contribution is 2.27. The van der Waals surface area contributed by atoms with Crippen molar-refractivity contribution >= 4 is 16.0 Å². The normalized spacial score (nSPS) is 11.6. The van der Waals surface area contributed by atoms with Gasteiger partial charge in [-0.15, -0.1) is 0 Å². The zero-order valence-electron chi connectivity index (χ0n) is 14.7. The van der Waals surface area contributed by atoms with Crippen molar-refractivity contribution in [1.82, 2.24) is 9.46 Å². The number of benzene rings is 1. The second-order valence-corrected chi connectivity index (χ2v) is 7.65. The third-order valence-electron chi connectivity index (χ3n) is 3.69. The van der Waals surface area contributed by atoms with E-state index in [1.54, 1.807) is 13.8 Å². The largest absolute Gasteiger partial charge is 0.495 e. The van der Waals surface area contributed by atoms with Crippen LogP contribution < -0.4 is 4.74 Å². The molecule has 0 amide bonds. The Bertz CT molecular complexity index is 867. The minimum Gasteiger partial charge on any atom is -0.495 e. The lowest BCUT2D eigenvalue weighted by atomic mass is 10.2. The Morgan fingerprint density at radius 1 is 1.28 bits per heavy atom. The molecule has 1 heterocycles. The number of ether oxygens (including phenoxy) is 2. The fraction of sp³-hybridized carbons (Fsp3) is 0.375. The summed E-state index contributed by atoms with van der Waals surface area (Å²) in [6.45, 7) is 3.45. The number of sulfonamides is 1. The van der Waals surface area contributed by atoms with Gasteiger partial charge in [0.25, 0.3) is 0 Å². The number of aromatic nitrogens is 1. The molecule has 25 heavy (non-hydrogen) atoms. The quantitative estimate of drug-likeness (QED) is 0.718. The second-order valence-electron chi connectivity index (χ2n) is 5.53. The average molecular weight is 368 g/mol. The van der Waals surface area contributed by atoms with Gasteiger partial charge in [-0.2, -0.15) is 0 Å². The van der Waals surface area contributed by atoms with Gasteiger partial charge in [0.1, 0.15) is 23.0 Å². The van der Waals surface area contributed by atoms with E-state index in [1.807, 2.05) is 0 Å². The molecule has 0 fully saturated rings. The molecule has 0 aliphatic rings. The summed E-state index contributed by atoms with van der Waals surface area (Å²) in [4.78, 5) is 12.2. The fourth-order valence-electron chi connectivity index (χ4n) is 2.13. The average Bonchev–Trinajstić information content (AvgIpc) is 2.90. The van der Waals surface area contributed by atoms with Gasteiger partial charge in [-0.3, -0.25) is 0 Å². The Morgan fingerprint density at radius 3 is 2.48 bits per heavy atom. The molecule has 0 bridgehead atoms. The summed E-state index contributed by atoms with van der Waals surface area (Å²) in [6, 6.07) is 4.11. The molecule has 0 saturated heterocycles. The minimum absolute atomic E-state index is 0.0121. The standard InChI is InChI=1S/C16H20N2O6S/c1-10-13(11(2)24-17-10)9-23-16(19)12-6-7-14(22-5)15(8-12)25(20,21)18(3)4/h6-8H,9H2,1-5H3. The molecule has 2 rings (SSSR count). The van der Waals surface area contributed by atoms with Gasteiger partial charge in [-0.1, -0.05) is 5.16 Å². The maximum Gasteiger partial charge on any atom is 0.338 e. The van der Waals surface area contributed by atoms with Crippen LogP contribution in [0.15, 0.2) is 27.6 Å². The van der Waals surface area contributed by atoms with Crippen molar-refractivity contribution in [3.63, 3.8) is 0 Å². The Labute approximate surface area is 146 Å². The third kappa shape index (κ3) is 3.83. The molecule has 0 aliphatic heterocycles. The van der Waals surface area contributed by atoms with Gasteiger partial charge in [-0.25, -0.2) is 17.5 Å². The lowest BCUT2D eigenvalue weighted by molar-refractivity contribution is 0.0470. The number of nitrogens with zero attached hydrogens (tertiary/aromatic N) is 2. The molecule has 0 atom stereocenters. The van der Waals surface area contributed by atoms with Crippen molar-refractivity contribution in [2.45, 2.75) is 25.3 Å². The number of aryl methyl sites for hydroxylation is 2. The van der Waals surface area contributed by atoms with Crippen LogP contribution >= 0.6 is 0 Å². The lowest BCUT2D eigenvalue weighted by Crippen LogP contribution is -2.23. The van der Waals surface area contributed by atoms with E-state index in [0.29, 0.717) is 17.0 Å². The highest BCUT2D eigenvalue weighted by atomic mass is 32.2. The van der Waals surface area contributed by atoms with E-state index in [-0.39, 0.29) is 22.8 Å². The molecule has 0 spiro atoms. The molecular weight excluding hydrogens is 348 g/mol. The van der Waals surface area contributed by atoms with Crippen LogP contribution in [-0.2, 0) is 21.4 Å². The first kappa shape index (κ1) is 18.9. The summed E-state index contributed by atoms with van der Waals surface area (Å²) < 4.78 is 41.2. The van der Waals surface area contributed by atoms with E-state index in [1.165, 1.54) is 39.4 Å². The van der Waals surface area contributed by atoms with Crippen LogP contribution in [0.5, 0.6) is 5.75 Å². The zero-order chi connectivity index (χ0) is 18.8. The lowest BCUT2D eigenvalue weighted by Gasteiger charge is -2.15. The summed E-state index contributed by atoms with van der Waals surface area (Å²) in [7, 11) is 0.389. The van der Waals surface area contributed by atoms with Crippen molar-refractivity contribution in [3.05, 3.63) is 40.8 Å². The molecule has 0 unspecified atom stereocenters. The van der Waals surface area contributed by atoms with Crippen molar-refractivity contribution in [2.24, 2.45) is 0 Å². The van der Waals surface area contributed by atoms with Crippen LogP contribution in [0.1, 0.15) is 27.4 Å². The third-order valence-corrected chi connectivity index (χ3v) is 5.52. The smallest absolute Gasteiger partial charge is 0.338 e. The number of hydrogen-bond donors (Lipinski definition) is 0. The van der Waals surface area contributed by atoms with Gasteiger partial charge in [0, 0.05) is 14.1 Å². The molecule has 0 radical (unpaired) electrons. The van der Waals surface area contributed by atoms with E-state index in [9.17, 15) is 13.2 Å². The predicted molar refractivity (Wildman–Crippen MR) is 89.0 cm³/mol. The molecule has 0 aliphatic carbocycles. The maximum atomic E-state index is 12.4. The molecule has 2 aromatic rings. The number of carbonyl (C=O) groups is 1. The summed E-state index contributed by atoms with van der Waals surface area (Å²) >= 11 is 0. The van der Waals surface area contributed by atoms with Crippen LogP contribution in [-0.4, -0.2) is 45.1 Å². The van der Waals surface area contributed by atoms with Crippen molar-refractivity contribution in [3.8, 4) is 5.75 Å².